The molecule has 1 amide bonds. The van der Waals surface area contributed by atoms with E-state index in [1.807, 2.05) is 24.3 Å². The highest BCUT2D eigenvalue weighted by Gasteiger charge is 2.14. The summed E-state index contributed by atoms with van der Waals surface area (Å²) in [5.74, 6) is 2.09. The maximum atomic E-state index is 12.3. The van der Waals surface area contributed by atoms with Gasteiger partial charge in [0.05, 0.1) is 6.54 Å². The number of aromatic nitrogens is 2. The monoisotopic (exact) mass is 354 g/mol. The Kier molecular flexibility index (Phi) is 6.02. The Morgan fingerprint density at radius 3 is 2.54 bits per heavy atom. The van der Waals surface area contributed by atoms with Crippen LogP contribution in [-0.2, 0) is 17.8 Å². The Labute approximate surface area is 151 Å². The number of hydrogen-bond acceptors (Lipinski definition) is 4. The average Bonchev–Trinajstić information content (AvgIpc) is 2.60. The summed E-state index contributed by atoms with van der Waals surface area (Å²) in [6, 6.07) is 8.04. The van der Waals surface area contributed by atoms with Crippen molar-refractivity contribution in [3.05, 3.63) is 56.2 Å². The molecule has 0 fully saturated rings. The lowest BCUT2D eigenvalue weighted by Gasteiger charge is -2.10. The molecule has 1 aromatic heterocycles. The Morgan fingerprint density at radius 2 is 1.96 bits per heavy atom. The number of nitrogen functional groups attached to an aromatic ring is 1. The first-order chi connectivity index (χ1) is 12.3. The van der Waals surface area contributed by atoms with Crippen LogP contribution < -0.4 is 22.3 Å². The summed E-state index contributed by atoms with van der Waals surface area (Å²) in [5.41, 5.74) is 6.30. The fraction of sp³-hybridized carbons (Fsp3) is 0.316. The summed E-state index contributed by atoms with van der Waals surface area (Å²) in [6.07, 6.45) is 5.84. The quantitative estimate of drug-likeness (QED) is 0.682. The lowest BCUT2D eigenvalue weighted by molar-refractivity contribution is -0.116. The minimum atomic E-state index is -0.723. The van der Waals surface area contributed by atoms with Crippen molar-refractivity contribution in [1.29, 1.82) is 0 Å². The van der Waals surface area contributed by atoms with Gasteiger partial charge in [0, 0.05) is 6.42 Å². The van der Waals surface area contributed by atoms with Gasteiger partial charge in [-0.25, -0.2) is 9.36 Å². The second-order valence-electron chi connectivity index (χ2n) is 6.26. The van der Waals surface area contributed by atoms with Gasteiger partial charge in [0.25, 0.3) is 5.56 Å². The molecule has 7 heteroatoms. The number of amides is 1. The third-order valence-electron chi connectivity index (χ3n) is 4.02. The number of aromatic amines is 1. The first-order valence-electron chi connectivity index (χ1n) is 8.28. The molecule has 0 atom stereocenters. The molecule has 0 radical (unpaired) electrons. The van der Waals surface area contributed by atoms with Crippen molar-refractivity contribution in [3.63, 3.8) is 0 Å². The van der Waals surface area contributed by atoms with Crippen LogP contribution in [0.3, 0.4) is 0 Å². The number of carbonyl (C=O) groups is 1. The fourth-order valence-electron chi connectivity index (χ4n) is 2.47. The molecule has 0 unspecified atom stereocenters. The molecule has 4 N–H and O–H groups in total. The molecule has 0 aliphatic carbocycles. The van der Waals surface area contributed by atoms with E-state index in [1.54, 1.807) is 0 Å². The number of hydrogen-bond donors (Lipinski definition) is 3. The zero-order valence-electron chi connectivity index (χ0n) is 14.8. The van der Waals surface area contributed by atoms with E-state index < -0.39 is 11.2 Å². The number of benzene rings is 1. The summed E-state index contributed by atoms with van der Waals surface area (Å²) >= 11 is 0. The van der Waals surface area contributed by atoms with Crippen molar-refractivity contribution < 1.29 is 4.79 Å². The summed E-state index contributed by atoms with van der Waals surface area (Å²) in [4.78, 5) is 38.4. The third-order valence-corrected chi connectivity index (χ3v) is 4.02. The van der Waals surface area contributed by atoms with Crippen LogP contribution in [0.4, 0.5) is 11.5 Å². The Balaban J connectivity index is 2.08. The molecule has 1 heterocycles. The number of aryl methyl sites for hydroxylation is 1. The molecule has 0 bridgehead atoms. The van der Waals surface area contributed by atoms with E-state index in [0.29, 0.717) is 12.3 Å². The Hall–Kier alpha value is -3.27. The van der Waals surface area contributed by atoms with E-state index in [9.17, 15) is 14.4 Å². The number of carbonyl (C=O) groups excluding carboxylic acids is 1. The summed E-state index contributed by atoms with van der Waals surface area (Å²) in [5, 5.41) is 2.47. The first-order valence-corrected chi connectivity index (χ1v) is 8.28. The van der Waals surface area contributed by atoms with Crippen molar-refractivity contribution in [3.8, 4) is 12.3 Å². The SMILES string of the molecule is C#CCn1c(=O)[nH]c(N)c(NC(=O)CCc2ccc(C(C)C)cc2)c1=O. The van der Waals surface area contributed by atoms with Crippen LogP contribution in [0.25, 0.3) is 0 Å². The predicted octanol–water partition coefficient (Wildman–Crippen LogP) is 1.45. The molecule has 0 aliphatic heterocycles. The van der Waals surface area contributed by atoms with Crippen LogP contribution in [0.15, 0.2) is 33.9 Å². The van der Waals surface area contributed by atoms with E-state index in [0.717, 1.165) is 10.1 Å². The second kappa shape index (κ2) is 8.21. The van der Waals surface area contributed by atoms with E-state index in [2.05, 4.69) is 30.1 Å². The molecule has 1 aromatic carbocycles. The van der Waals surface area contributed by atoms with Gasteiger partial charge in [-0.3, -0.25) is 14.6 Å². The van der Waals surface area contributed by atoms with Crippen molar-refractivity contribution in [2.45, 2.75) is 39.2 Å². The maximum Gasteiger partial charge on any atom is 0.330 e. The molecule has 2 rings (SSSR count). The molecular formula is C19H22N4O3. The molecule has 0 saturated carbocycles. The highest BCUT2D eigenvalue weighted by molar-refractivity contribution is 5.92. The van der Waals surface area contributed by atoms with Gasteiger partial charge in [0.15, 0.2) is 0 Å². The molecule has 26 heavy (non-hydrogen) atoms. The van der Waals surface area contributed by atoms with Crippen molar-refractivity contribution >= 4 is 17.4 Å². The number of nitrogens with zero attached hydrogens (tertiary/aromatic N) is 1. The fourth-order valence-corrected chi connectivity index (χ4v) is 2.47. The number of rotatable bonds is 6. The van der Waals surface area contributed by atoms with Gasteiger partial charge >= 0.3 is 5.69 Å². The van der Waals surface area contributed by atoms with Gasteiger partial charge in [0.1, 0.15) is 11.5 Å². The topological polar surface area (TPSA) is 110 Å². The Morgan fingerprint density at radius 1 is 1.31 bits per heavy atom. The molecular weight excluding hydrogens is 332 g/mol. The normalized spacial score (nSPS) is 10.5. The highest BCUT2D eigenvalue weighted by Crippen LogP contribution is 2.15. The van der Waals surface area contributed by atoms with Gasteiger partial charge in [0.2, 0.25) is 5.91 Å². The van der Waals surface area contributed by atoms with E-state index in [4.69, 9.17) is 12.2 Å². The van der Waals surface area contributed by atoms with E-state index in [-0.39, 0.29) is 30.4 Å². The minimum absolute atomic E-state index is 0.167. The van der Waals surface area contributed by atoms with Crippen LogP contribution in [0.1, 0.15) is 37.3 Å². The maximum absolute atomic E-state index is 12.3. The molecule has 136 valence electrons. The lowest BCUT2D eigenvalue weighted by atomic mass is 10.0. The highest BCUT2D eigenvalue weighted by atomic mass is 16.2. The minimum Gasteiger partial charge on any atom is -0.383 e. The van der Waals surface area contributed by atoms with Gasteiger partial charge in [-0.05, 0) is 23.5 Å². The van der Waals surface area contributed by atoms with Gasteiger partial charge in [-0.2, -0.15) is 0 Å². The first kappa shape index (κ1) is 19.1. The van der Waals surface area contributed by atoms with Crippen molar-refractivity contribution in [2.24, 2.45) is 0 Å². The van der Waals surface area contributed by atoms with Crippen LogP contribution in [0, 0.1) is 12.3 Å². The lowest BCUT2D eigenvalue weighted by Crippen LogP contribution is -2.38. The number of H-pyrrole nitrogens is 1. The standard InChI is InChI=1S/C19H22N4O3/c1-4-11-23-18(25)16(17(20)22-19(23)26)21-15(24)10-7-13-5-8-14(9-6-13)12(2)3/h1,5-6,8-9,12H,7,10-11,20H2,2-3H3,(H,21,24)(H,22,26). The van der Waals surface area contributed by atoms with Gasteiger partial charge < -0.3 is 11.1 Å². The van der Waals surface area contributed by atoms with Crippen LogP contribution >= 0.6 is 0 Å². The molecule has 0 spiro atoms. The summed E-state index contributed by atoms with van der Waals surface area (Å²) in [6.45, 7) is 4.02. The van der Waals surface area contributed by atoms with Crippen LogP contribution in [0.2, 0.25) is 0 Å². The zero-order chi connectivity index (χ0) is 19.3. The average molecular weight is 354 g/mol. The summed E-state index contributed by atoms with van der Waals surface area (Å²) < 4.78 is 0.802. The Bertz CT molecular complexity index is 947. The van der Waals surface area contributed by atoms with Crippen LogP contribution in [0.5, 0.6) is 0 Å². The molecule has 2 aromatic rings. The van der Waals surface area contributed by atoms with Crippen LogP contribution in [-0.4, -0.2) is 15.5 Å². The predicted molar refractivity (Wildman–Crippen MR) is 102 cm³/mol. The largest absolute Gasteiger partial charge is 0.383 e. The van der Waals surface area contributed by atoms with Gasteiger partial charge in [-0.1, -0.05) is 44.0 Å². The number of nitrogens with one attached hydrogen (secondary N) is 2. The second-order valence-corrected chi connectivity index (χ2v) is 6.26. The number of nitrogens with two attached hydrogens (primary N) is 1. The van der Waals surface area contributed by atoms with Crippen molar-refractivity contribution in [2.75, 3.05) is 11.1 Å². The van der Waals surface area contributed by atoms with Crippen molar-refractivity contribution in [1.82, 2.24) is 9.55 Å². The number of anilines is 2. The van der Waals surface area contributed by atoms with E-state index >= 15 is 0 Å². The molecule has 0 aliphatic rings. The van der Waals surface area contributed by atoms with Gasteiger partial charge in [-0.15, -0.1) is 6.42 Å². The molecule has 0 saturated heterocycles. The summed E-state index contributed by atoms with van der Waals surface area (Å²) in [7, 11) is 0. The number of terminal acetylenes is 1. The molecule has 7 nitrogen and oxygen atoms in total. The third kappa shape index (κ3) is 4.42. The zero-order valence-corrected chi connectivity index (χ0v) is 14.8. The van der Waals surface area contributed by atoms with E-state index in [1.165, 1.54) is 5.56 Å². The smallest absolute Gasteiger partial charge is 0.330 e.